The lowest BCUT2D eigenvalue weighted by molar-refractivity contribution is -0.123. The highest BCUT2D eigenvalue weighted by Crippen LogP contribution is 2.35. The lowest BCUT2D eigenvalue weighted by Gasteiger charge is -2.42. The molecule has 0 aliphatic heterocycles. The summed E-state index contributed by atoms with van der Waals surface area (Å²) in [5.74, 6) is 0. The maximum atomic E-state index is 6.65. The summed E-state index contributed by atoms with van der Waals surface area (Å²) in [6, 6.07) is 0. The lowest BCUT2D eigenvalue weighted by Crippen LogP contribution is -2.51. The highest BCUT2D eigenvalue weighted by atomic mass is 16.5. The second-order valence-corrected chi connectivity index (χ2v) is 7.73. The van der Waals surface area contributed by atoms with E-state index in [9.17, 15) is 0 Å². The maximum absolute atomic E-state index is 6.65. The monoisotopic (exact) mass is 267 g/mol. The minimum atomic E-state index is 0.132. The molecule has 0 bridgehead atoms. The van der Waals surface area contributed by atoms with Gasteiger partial charge in [0, 0.05) is 12.1 Å². The van der Waals surface area contributed by atoms with E-state index in [1.54, 1.807) is 0 Å². The van der Waals surface area contributed by atoms with E-state index in [2.05, 4.69) is 26.1 Å². The largest absolute Gasteiger partial charge is 0.370 e. The molecule has 0 amide bonds. The fraction of sp³-hybridized carbons (Fsp3) is 1.00. The normalized spacial score (nSPS) is 25.4. The average molecular weight is 267 g/mol. The minimum absolute atomic E-state index is 0.132. The van der Waals surface area contributed by atoms with E-state index in [0.29, 0.717) is 6.10 Å². The molecule has 2 nitrogen and oxygen atoms in total. The van der Waals surface area contributed by atoms with Crippen LogP contribution in [0.3, 0.4) is 0 Å². The van der Waals surface area contributed by atoms with Crippen molar-refractivity contribution in [3.05, 3.63) is 0 Å². The van der Waals surface area contributed by atoms with Crippen molar-refractivity contribution in [3.8, 4) is 0 Å². The first kappa shape index (κ1) is 15.3. The molecular formula is C17H33NO. The summed E-state index contributed by atoms with van der Waals surface area (Å²) in [4.78, 5) is 0. The van der Waals surface area contributed by atoms with Gasteiger partial charge in [-0.15, -0.1) is 0 Å². The van der Waals surface area contributed by atoms with E-state index >= 15 is 0 Å². The van der Waals surface area contributed by atoms with Gasteiger partial charge in [-0.2, -0.15) is 0 Å². The van der Waals surface area contributed by atoms with Crippen LogP contribution in [-0.4, -0.2) is 23.8 Å². The third-order valence-corrected chi connectivity index (χ3v) is 4.67. The van der Waals surface area contributed by atoms with Crippen LogP contribution in [0.5, 0.6) is 0 Å². The van der Waals surface area contributed by atoms with Gasteiger partial charge in [0.2, 0.25) is 0 Å². The van der Waals surface area contributed by atoms with Crippen LogP contribution in [0, 0.1) is 0 Å². The molecule has 0 aromatic carbocycles. The minimum Gasteiger partial charge on any atom is -0.370 e. The Kier molecular flexibility index (Phi) is 5.30. The van der Waals surface area contributed by atoms with Crippen molar-refractivity contribution < 1.29 is 4.74 Å². The molecule has 2 fully saturated rings. The van der Waals surface area contributed by atoms with Crippen LogP contribution in [0.1, 0.15) is 85.0 Å². The summed E-state index contributed by atoms with van der Waals surface area (Å²) in [5.41, 5.74) is 0.327. The first-order chi connectivity index (χ1) is 8.99. The summed E-state index contributed by atoms with van der Waals surface area (Å²) in [5, 5.41) is 3.70. The Morgan fingerprint density at radius 1 is 0.947 bits per heavy atom. The number of ether oxygens (including phenoxy) is 1. The number of rotatable bonds is 4. The van der Waals surface area contributed by atoms with Crippen LogP contribution in [0.25, 0.3) is 0 Å². The molecule has 1 N–H and O–H groups in total. The van der Waals surface area contributed by atoms with Gasteiger partial charge in [0.25, 0.3) is 0 Å². The van der Waals surface area contributed by atoms with Gasteiger partial charge in [-0.3, -0.25) is 0 Å². The Labute approximate surface area is 119 Å². The highest BCUT2D eigenvalue weighted by molar-refractivity contribution is 4.90. The van der Waals surface area contributed by atoms with Crippen LogP contribution in [0.4, 0.5) is 0 Å². The van der Waals surface area contributed by atoms with E-state index in [1.807, 2.05) is 0 Å². The molecule has 0 heterocycles. The Balaban J connectivity index is 1.93. The molecule has 0 unspecified atom stereocenters. The van der Waals surface area contributed by atoms with Crippen molar-refractivity contribution in [1.82, 2.24) is 5.32 Å². The molecule has 0 saturated heterocycles. The first-order valence-corrected chi connectivity index (χ1v) is 8.42. The number of hydrogen-bond acceptors (Lipinski definition) is 2. The summed E-state index contributed by atoms with van der Waals surface area (Å²) < 4.78 is 6.65. The molecule has 2 heteroatoms. The van der Waals surface area contributed by atoms with Gasteiger partial charge in [-0.1, -0.05) is 38.5 Å². The van der Waals surface area contributed by atoms with Crippen molar-refractivity contribution >= 4 is 0 Å². The summed E-state index contributed by atoms with van der Waals surface area (Å²) >= 11 is 0. The predicted molar refractivity (Wildman–Crippen MR) is 81.5 cm³/mol. The van der Waals surface area contributed by atoms with Crippen LogP contribution in [-0.2, 0) is 4.74 Å². The van der Waals surface area contributed by atoms with E-state index in [4.69, 9.17) is 4.74 Å². The summed E-state index contributed by atoms with van der Waals surface area (Å²) in [7, 11) is 0. The van der Waals surface area contributed by atoms with Crippen LogP contribution >= 0.6 is 0 Å². The molecule has 0 aromatic rings. The highest BCUT2D eigenvalue weighted by Gasteiger charge is 2.36. The van der Waals surface area contributed by atoms with Gasteiger partial charge in [-0.05, 0) is 46.5 Å². The maximum Gasteiger partial charge on any atom is 0.0810 e. The quantitative estimate of drug-likeness (QED) is 0.813. The van der Waals surface area contributed by atoms with Crippen molar-refractivity contribution in [2.24, 2.45) is 0 Å². The molecule has 2 rings (SSSR count). The topological polar surface area (TPSA) is 21.3 Å². The number of hydrogen-bond donors (Lipinski definition) is 1. The van der Waals surface area contributed by atoms with Gasteiger partial charge in [-0.25, -0.2) is 0 Å². The van der Waals surface area contributed by atoms with Crippen molar-refractivity contribution in [2.45, 2.75) is 102 Å². The molecule has 19 heavy (non-hydrogen) atoms. The van der Waals surface area contributed by atoms with Gasteiger partial charge in [0.05, 0.1) is 11.7 Å². The predicted octanol–water partition coefficient (Wildman–Crippen LogP) is 4.43. The van der Waals surface area contributed by atoms with E-state index in [-0.39, 0.29) is 11.1 Å². The molecule has 0 spiro atoms. The van der Waals surface area contributed by atoms with Crippen LogP contribution in [0.15, 0.2) is 0 Å². The first-order valence-electron chi connectivity index (χ1n) is 8.42. The molecule has 0 aromatic heterocycles. The molecule has 2 aliphatic rings. The van der Waals surface area contributed by atoms with E-state index < -0.39 is 0 Å². The SMILES string of the molecule is CC(C)(C)NCC1(OC2CCCCC2)CCCCC1. The van der Waals surface area contributed by atoms with Gasteiger partial charge in [0.15, 0.2) is 0 Å². The third kappa shape index (κ3) is 5.07. The number of nitrogens with one attached hydrogen (secondary N) is 1. The smallest absolute Gasteiger partial charge is 0.0810 e. The molecule has 112 valence electrons. The van der Waals surface area contributed by atoms with Gasteiger partial charge in [0.1, 0.15) is 0 Å². The zero-order valence-corrected chi connectivity index (χ0v) is 13.3. The van der Waals surface area contributed by atoms with E-state index in [1.165, 1.54) is 64.2 Å². The third-order valence-electron chi connectivity index (χ3n) is 4.67. The van der Waals surface area contributed by atoms with Crippen molar-refractivity contribution in [3.63, 3.8) is 0 Å². The van der Waals surface area contributed by atoms with Gasteiger partial charge >= 0.3 is 0 Å². The fourth-order valence-electron chi connectivity index (χ4n) is 3.50. The Hall–Kier alpha value is -0.0800. The van der Waals surface area contributed by atoms with E-state index in [0.717, 1.165) is 6.54 Å². The average Bonchev–Trinajstić information content (AvgIpc) is 2.38. The molecule has 0 radical (unpaired) electrons. The Morgan fingerprint density at radius 3 is 2.11 bits per heavy atom. The zero-order valence-electron chi connectivity index (χ0n) is 13.3. The van der Waals surface area contributed by atoms with Crippen molar-refractivity contribution in [2.75, 3.05) is 6.54 Å². The fourth-order valence-corrected chi connectivity index (χ4v) is 3.50. The zero-order chi connectivity index (χ0) is 13.8. The van der Waals surface area contributed by atoms with Crippen LogP contribution in [0.2, 0.25) is 0 Å². The Bertz CT molecular complexity index is 257. The summed E-state index contributed by atoms with van der Waals surface area (Å²) in [6.07, 6.45) is 13.9. The Morgan fingerprint density at radius 2 is 1.53 bits per heavy atom. The van der Waals surface area contributed by atoms with Crippen LogP contribution < -0.4 is 5.32 Å². The second-order valence-electron chi connectivity index (χ2n) is 7.73. The standard InChI is InChI=1S/C17H33NO/c1-16(2,3)18-14-17(12-8-5-9-13-17)19-15-10-6-4-7-11-15/h15,18H,4-14H2,1-3H3. The summed E-state index contributed by atoms with van der Waals surface area (Å²) in [6.45, 7) is 7.80. The lowest BCUT2D eigenvalue weighted by atomic mass is 9.83. The molecule has 2 aliphatic carbocycles. The van der Waals surface area contributed by atoms with Gasteiger partial charge < -0.3 is 10.1 Å². The second kappa shape index (κ2) is 6.58. The van der Waals surface area contributed by atoms with Crippen molar-refractivity contribution in [1.29, 1.82) is 0 Å². The molecule has 0 atom stereocenters. The molecule has 2 saturated carbocycles. The molecular weight excluding hydrogens is 234 g/mol.